The molecule has 0 aliphatic rings. The van der Waals surface area contributed by atoms with Crippen LogP contribution < -0.4 is 10.5 Å². The van der Waals surface area contributed by atoms with Gasteiger partial charge in [-0.3, -0.25) is 0 Å². The van der Waals surface area contributed by atoms with Crippen LogP contribution in [0.1, 0.15) is 18.1 Å². The van der Waals surface area contributed by atoms with Gasteiger partial charge in [-0.1, -0.05) is 31.3 Å². The van der Waals surface area contributed by atoms with E-state index in [1.165, 1.54) is 5.56 Å². The largest absolute Gasteiger partial charge is 0.439 e. The van der Waals surface area contributed by atoms with E-state index in [4.69, 9.17) is 22.7 Å². The highest BCUT2D eigenvalue weighted by Gasteiger charge is 2.01. The predicted octanol–water partition coefficient (Wildman–Crippen LogP) is 3.07. The summed E-state index contributed by atoms with van der Waals surface area (Å²) in [7, 11) is 0. The molecular formula is C14H14N2OS. The molecule has 0 radical (unpaired) electrons. The second-order valence-corrected chi connectivity index (χ2v) is 4.29. The first-order valence-corrected chi connectivity index (χ1v) is 6.12. The smallest absolute Gasteiger partial charge is 0.219 e. The lowest BCUT2D eigenvalue weighted by atomic mass is 10.2. The maximum atomic E-state index is 5.62. The summed E-state index contributed by atoms with van der Waals surface area (Å²) in [6.45, 7) is 2.12. The van der Waals surface area contributed by atoms with E-state index in [-0.39, 0.29) is 0 Å². The van der Waals surface area contributed by atoms with E-state index in [0.717, 1.165) is 17.7 Å². The zero-order chi connectivity index (χ0) is 13.0. The maximum absolute atomic E-state index is 5.62. The monoisotopic (exact) mass is 258 g/mol. The lowest BCUT2D eigenvalue weighted by Gasteiger charge is -2.06. The molecule has 0 spiro atoms. The van der Waals surface area contributed by atoms with Crippen molar-refractivity contribution in [2.45, 2.75) is 13.3 Å². The zero-order valence-electron chi connectivity index (χ0n) is 10.1. The zero-order valence-corrected chi connectivity index (χ0v) is 10.9. The molecule has 2 N–H and O–H groups in total. The number of aryl methyl sites for hydroxylation is 1. The summed E-state index contributed by atoms with van der Waals surface area (Å²) >= 11 is 4.86. The number of hydrogen-bond acceptors (Lipinski definition) is 3. The van der Waals surface area contributed by atoms with Crippen LogP contribution in [-0.2, 0) is 6.42 Å². The van der Waals surface area contributed by atoms with Gasteiger partial charge in [0.2, 0.25) is 5.88 Å². The van der Waals surface area contributed by atoms with Gasteiger partial charge in [-0.15, -0.1) is 0 Å². The van der Waals surface area contributed by atoms with E-state index >= 15 is 0 Å². The molecule has 0 amide bonds. The van der Waals surface area contributed by atoms with Crippen LogP contribution in [0.3, 0.4) is 0 Å². The highest BCUT2D eigenvalue weighted by Crippen LogP contribution is 2.20. The topological polar surface area (TPSA) is 48.1 Å². The molecule has 18 heavy (non-hydrogen) atoms. The number of thiocarbonyl (C=S) groups is 1. The molecule has 0 aliphatic heterocycles. The van der Waals surface area contributed by atoms with Crippen molar-refractivity contribution in [1.29, 1.82) is 0 Å². The Morgan fingerprint density at radius 3 is 2.44 bits per heavy atom. The fourth-order valence-corrected chi connectivity index (χ4v) is 1.62. The van der Waals surface area contributed by atoms with E-state index in [2.05, 4.69) is 11.9 Å². The Labute approximate surface area is 112 Å². The van der Waals surface area contributed by atoms with E-state index in [1.807, 2.05) is 24.3 Å². The number of nitrogens with zero attached hydrogens (tertiary/aromatic N) is 1. The molecule has 2 rings (SSSR count). The van der Waals surface area contributed by atoms with Gasteiger partial charge in [0.15, 0.2) is 0 Å². The minimum Gasteiger partial charge on any atom is -0.439 e. The second kappa shape index (κ2) is 5.60. The van der Waals surface area contributed by atoms with Gasteiger partial charge in [0.1, 0.15) is 10.7 Å². The van der Waals surface area contributed by atoms with Crippen LogP contribution in [0.15, 0.2) is 42.6 Å². The van der Waals surface area contributed by atoms with Crippen molar-refractivity contribution in [1.82, 2.24) is 4.98 Å². The molecule has 3 nitrogen and oxygen atoms in total. The minimum atomic E-state index is 0.335. The fraction of sp³-hybridized carbons (Fsp3) is 0.143. The summed E-state index contributed by atoms with van der Waals surface area (Å²) in [5, 5.41) is 0. The van der Waals surface area contributed by atoms with Gasteiger partial charge in [0.25, 0.3) is 0 Å². The Morgan fingerprint density at radius 2 is 1.94 bits per heavy atom. The first kappa shape index (κ1) is 12.5. The van der Waals surface area contributed by atoms with Crippen molar-refractivity contribution in [3.63, 3.8) is 0 Å². The van der Waals surface area contributed by atoms with Crippen LogP contribution in [0.5, 0.6) is 11.6 Å². The summed E-state index contributed by atoms with van der Waals surface area (Å²) in [5.41, 5.74) is 7.51. The highest BCUT2D eigenvalue weighted by molar-refractivity contribution is 7.80. The SMILES string of the molecule is CCc1ccc(Oc2ccc(C(N)=S)cn2)cc1. The molecule has 1 aromatic carbocycles. The van der Waals surface area contributed by atoms with Crippen LogP contribution in [0.4, 0.5) is 0 Å². The number of hydrogen-bond donors (Lipinski definition) is 1. The molecular weight excluding hydrogens is 244 g/mol. The Morgan fingerprint density at radius 1 is 1.22 bits per heavy atom. The van der Waals surface area contributed by atoms with Crippen LogP contribution in [0.25, 0.3) is 0 Å². The lowest BCUT2D eigenvalue weighted by Crippen LogP contribution is -2.09. The van der Waals surface area contributed by atoms with E-state index < -0.39 is 0 Å². The molecule has 2 aromatic rings. The molecule has 1 heterocycles. The lowest BCUT2D eigenvalue weighted by molar-refractivity contribution is 0.463. The van der Waals surface area contributed by atoms with Crippen LogP contribution in [-0.4, -0.2) is 9.97 Å². The Bertz CT molecular complexity index is 535. The molecule has 0 saturated heterocycles. The number of rotatable bonds is 4. The van der Waals surface area contributed by atoms with E-state index in [9.17, 15) is 0 Å². The van der Waals surface area contributed by atoms with Gasteiger partial charge in [0, 0.05) is 17.8 Å². The Hall–Kier alpha value is -1.94. The molecule has 0 bridgehead atoms. The van der Waals surface area contributed by atoms with Gasteiger partial charge in [0.05, 0.1) is 0 Å². The Balaban J connectivity index is 2.10. The first-order valence-electron chi connectivity index (χ1n) is 5.71. The Kier molecular flexibility index (Phi) is 3.89. The number of pyridine rings is 1. The fourth-order valence-electron chi connectivity index (χ4n) is 1.50. The molecule has 0 atom stereocenters. The summed E-state index contributed by atoms with van der Waals surface area (Å²) in [5.74, 6) is 1.29. The van der Waals surface area contributed by atoms with Gasteiger partial charge in [-0.25, -0.2) is 4.98 Å². The number of nitrogens with two attached hydrogens (primary N) is 1. The van der Waals surface area contributed by atoms with Crippen LogP contribution >= 0.6 is 12.2 Å². The average molecular weight is 258 g/mol. The second-order valence-electron chi connectivity index (χ2n) is 3.85. The third-order valence-corrected chi connectivity index (χ3v) is 2.81. The summed E-state index contributed by atoms with van der Waals surface area (Å²) < 4.78 is 5.62. The van der Waals surface area contributed by atoms with Crippen molar-refractivity contribution in [2.24, 2.45) is 5.73 Å². The average Bonchev–Trinajstić information content (AvgIpc) is 2.40. The quantitative estimate of drug-likeness (QED) is 0.856. The number of aromatic nitrogens is 1. The molecule has 1 aromatic heterocycles. The standard InChI is InChI=1S/C14H14N2OS/c1-2-10-3-6-12(7-4-10)17-13-8-5-11(9-16-13)14(15)18/h3-9H,2H2,1H3,(H2,15,18). The van der Waals surface area contributed by atoms with Crippen molar-refractivity contribution >= 4 is 17.2 Å². The summed E-state index contributed by atoms with van der Waals surface area (Å²) in [6, 6.07) is 11.5. The first-order chi connectivity index (χ1) is 8.69. The summed E-state index contributed by atoms with van der Waals surface area (Å²) in [6.07, 6.45) is 2.62. The number of benzene rings is 1. The van der Waals surface area contributed by atoms with Crippen molar-refractivity contribution in [2.75, 3.05) is 0 Å². The minimum absolute atomic E-state index is 0.335. The van der Waals surface area contributed by atoms with Crippen LogP contribution in [0, 0.1) is 0 Å². The van der Waals surface area contributed by atoms with E-state index in [0.29, 0.717) is 10.9 Å². The van der Waals surface area contributed by atoms with Gasteiger partial charge >= 0.3 is 0 Å². The number of ether oxygens (including phenoxy) is 1. The molecule has 0 fully saturated rings. The van der Waals surface area contributed by atoms with Gasteiger partial charge < -0.3 is 10.5 Å². The molecule has 0 saturated carbocycles. The van der Waals surface area contributed by atoms with E-state index in [1.54, 1.807) is 18.3 Å². The normalized spacial score (nSPS) is 10.1. The molecule has 4 heteroatoms. The summed E-state index contributed by atoms with van der Waals surface area (Å²) in [4.78, 5) is 4.48. The van der Waals surface area contributed by atoms with Gasteiger partial charge in [-0.2, -0.15) is 0 Å². The maximum Gasteiger partial charge on any atom is 0.219 e. The predicted molar refractivity (Wildman–Crippen MR) is 76.0 cm³/mol. The highest BCUT2D eigenvalue weighted by atomic mass is 32.1. The van der Waals surface area contributed by atoms with Crippen molar-refractivity contribution < 1.29 is 4.74 Å². The third-order valence-electron chi connectivity index (χ3n) is 2.57. The third kappa shape index (κ3) is 3.05. The molecule has 92 valence electrons. The molecule has 0 aliphatic carbocycles. The van der Waals surface area contributed by atoms with Crippen LogP contribution in [0.2, 0.25) is 0 Å². The molecule has 0 unspecified atom stereocenters. The van der Waals surface area contributed by atoms with Gasteiger partial charge in [-0.05, 0) is 30.2 Å². The van der Waals surface area contributed by atoms with Crippen molar-refractivity contribution in [3.05, 3.63) is 53.7 Å². The van der Waals surface area contributed by atoms with Crippen molar-refractivity contribution in [3.8, 4) is 11.6 Å².